The van der Waals surface area contributed by atoms with Gasteiger partial charge in [0, 0.05) is 21.9 Å². The van der Waals surface area contributed by atoms with Crippen LogP contribution < -0.4 is 0 Å². The molecule has 0 radical (unpaired) electrons. The first kappa shape index (κ1) is 31.1. The Balaban J connectivity index is 1.06. The molecule has 0 fully saturated rings. The molecular weight excluding hydrogens is 671 g/mol. The second-order valence-corrected chi connectivity index (χ2v) is 14.0. The van der Waals surface area contributed by atoms with Gasteiger partial charge in [-0.25, -0.2) is 15.0 Å². The Morgan fingerprint density at radius 3 is 1.45 bits per heavy atom. The van der Waals surface area contributed by atoms with E-state index in [4.69, 9.17) is 19.4 Å². The number of aromatic nitrogens is 3. The summed E-state index contributed by atoms with van der Waals surface area (Å²) >= 11 is 0. The van der Waals surface area contributed by atoms with Crippen molar-refractivity contribution in [1.82, 2.24) is 15.0 Å². The van der Waals surface area contributed by atoms with E-state index in [2.05, 4.69) is 146 Å². The highest BCUT2D eigenvalue weighted by Gasteiger charge is 2.19. The highest BCUT2D eigenvalue weighted by atomic mass is 16.3. The standard InChI is InChI=1S/C51H31N3O/c1-3-13-32(14-4-1)34-17-11-18-37(29-34)50-52-49(33-15-5-2-6-16-33)53-51(54-50)45-24-12-23-44-43-28-26-36(31-47(43)55-48(44)45)35-25-27-42-40-21-8-7-19-38(40)39-20-9-10-22-41(39)46(42)30-35/h1-31H. The van der Waals surface area contributed by atoms with Crippen molar-refractivity contribution in [2.75, 3.05) is 0 Å². The van der Waals surface area contributed by atoms with Crippen LogP contribution in [-0.2, 0) is 0 Å². The van der Waals surface area contributed by atoms with E-state index in [-0.39, 0.29) is 0 Å². The molecule has 0 bridgehead atoms. The van der Waals surface area contributed by atoms with Gasteiger partial charge in [-0.2, -0.15) is 0 Å². The average molecular weight is 702 g/mol. The molecule has 4 heteroatoms. The average Bonchev–Trinajstić information content (AvgIpc) is 3.65. The molecule has 0 aliphatic rings. The SMILES string of the molecule is c1ccc(-c2cccc(-c3nc(-c4ccccc4)nc(-c4cccc5c4oc4cc(-c6ccc7c8ccccc8c8ccccc8c7c6)ccc45)n3)c2)cc1. The van der Waals surface area contributed by atoms with Crippen molar-refractivity contribution in [3.63, 3.8) is 0 Å². The van der Waals surface area contributed by atoms with Crippen LogP contribution in [-0.4, -0.2) is 15.0 Å². The van der Waals surface area contributed by atoms with Gasteiger partial charge in [0.2, 0.25) is 0 Å². The molecule has 0 saturated heterocycles. The lowest BCUT2D eigenvalue weighted by Gasteiger charge is -2.12. The van der Waals surface area contributed by atoms with Crippen molar-refractivity contribution in [2.24, 2.45) is 0 Å². The third-order valence-electron chi connectivity index (χ3n) is 10.7. The van der Waals surface area contributed by atoms with Crippen LogP contribution in [0.5, 0.6) is 0 Å². The Morgan fingerprint density at radius 1 is 0.273 bits per heavy atom. The molecule has 0 aliphatic carbocycles. The number of furan rings is 1. The van der Waals surface area contributed by atoms with Crippen LogP contribution in [0.15, 0.2) is 192 Å². The van der Waals surface area contributed by atoms with Gasteiger partial charge in [0.05, 0.1) is 5.56 Å². The van der Waals surface area contributed by atoms with Gasteiger partial charge < -0.3 is 4.42 Å². The maximum atomic E-state index is 6.78. The molecule has 2 heterocycles. The Kier molecular flexibility index (Phi) is 7.14. The Bertz CT molecular complexity index is 3220. The van der Waals surface area contributed by atoms with Crippen LogP contribution in [0.3, 0.4) is 0 Å². The van der Waals surface area contributed by atoms with E-state index >= 15 is 0 Å². The summed E-state index contributed by atoms with van der Waals surface area (Å²) in [7, 11) is 0. The molecule has 0 amide bonds. The van der Waals surface area contributed by atoms with E-state index in [0.717, 1.165) is 60.9 Å². The summed E-state index contributed by atoms with van der Waals surface area (Å²) in [5.74, 6) is 1.78. The van der Waals surface area contributed by atoms with Crippen molar-refractivity contribution in [1.29, 1.82) is 0 Å². The molecule has 0 unspecified atom stereocenters. The maximum Gasteiger partial charge on any atom is 0.167 e. The molecular formula is C51H31N3O. The van der Waals surface area contributed by atoms with E-state index in [9.17, 15) is 0 Å². The van der Waals surface area contributed by atoms with Crippen molar-refractivity contribution < 1.29 is 4.42 Å². The molecule has 0 spiro atoms. The minimum atomic E-state index is 0.562. The molecule has 9 aromatic carbocycles. The van der Waals surface area contributed by atoms with Gasteiger partial charge in [-0.15, -0.1) is 0 Å². The van der Waals surface area contributed by atoms with E-state index in [1.54, 1.807) is 0 Å². The van der Waals surface area contributed by atoms with Crippen LogP contribution in [0, 0.1) is 0 Å². The van der Waals surface area contributed by atoms with Crippen LogP contribution in [0.2, 0.25) is 0 Å². The number of rotatable bonds is 5. The molecule has 256 valence electrons. The molecule has 0 saturated carbocycles. The normalized spacial score (nSPS) is 11.6. The first-order valence-electron chi connectivity index (χ1n) is 18.5. The number of para-hydroxylation sites is 1. The smallest absolute Gasteiger partial charge is 0.167 e. The van der Waals surface area contributed by atoms with Gasteiger partial charge in [0.1, 0.15) is 11.2 Å². The van der Waals surface area contributed by atoms with Crippen molar-refractivity contribution >= 4 is 54.3 Å². The summed E-state index contributed by atoms with van der Waals surface area (Å²) in [5.41, 5.74) is 8.70. The fraction of sp³-hybridized carbons (Fsp3) is 0. The highest BCUT2D eigenvalue weighted by molar-refractivity contribution is 6.25. The van der Waals surface area contributed by atoms with Gasteiger partial charge in [0.25, 0.3) is 0 Å². The molecule has 2 aromatic heterocycles. The Labute approximate surface area is 317 Å². The van der Waals surface area contributed by atoms with E-state index in [1.165, 1.54) is 32.3 Å². The summed E-state index contributed by atoms with van der Waals surface area (Å²) in [5, 5.41) is 9.63. The summed E-state index contributed by atoms with van der Waals surface area (Å²) in [6.07, 6.45) is 0. The van der Waals surface area contributed by atoms with Crippen molar-refractivity contribution in [3.05, 3.63) is 188 Å². The van der Waals surface area contributed by atoms with E-state index < -0.39 is 0 Å². The molecule has 11 rings (SSSR count). The number of nitrogens with zero attached hydrogens (tertiary/aromatic N) is 3. The number of fused-ring (bicyclic) bond motifs is 9. The lowest BCUT2D eigenvalue weighted by atomic mass is 9.92. The lowest BCUT2D eigenvalue weighted by molar-refractivity contribution is 0.669. The lowest BCUT2D eigenvalue weighted by Crippen LogP contribution is -2.00. The summed E-state index contributed by atoms with van der Waals surface area (Å²) in [6.45, 7) is 0. The van der Waals surface area contributed by atoms with Gasteiger partial charge in [-0.1, -0.05) is 158 Å². The molecule has 0 N–H and O–H groups in total. The number of hydrogen-bond donors (Lipinski definition) is 0. The number of benzene rings is 9. The van der Waals surface area contributed by atoms with E-state index in [0.29, 0.717) is 17.5 Å². The monoisotopic (exact) mass is 701 g/mol. The van der Waals surface area contributed by atoms with Crippen LogP contribution in [0.1, 0.15) is 0 Å². The van der Waals surface area contributed by atoms with Gasteiger partial charge in [-0.05, 0) is 84.9 Å². The summed E-state index contributed by atoms with van der Waals surface area (Å²) < 4.78 is 6.78. The third-order valence-corrected chi connectivity index (χ3v) is 10.7. The predicted octanol–water partition coefficient (Wildman–Crippen LogP) is 13.6. The largest absolute Gasteiger partial charge is 0.455 e. The topological polar surface area (TPSA) is 51.8 Å². The molecule has 4 nitrogen and oxygen atoms in total. The fourth-order valence-electron chi connectivity index (χ4n) is 8.05. The first-order valence-corrected chi connectivity index (χ1v) is 18.5. The fourth-order valence-corrected chi connectivity index (χ4v) is 8.05. The Hall–Kier alpha value is -7.43. The second kappa shape index (κ2) is 12.6. The summed E-state index contributed by atoms with van der Waals surface area (Å²) in [4.78, 5) is 15.2. The zero-order chi connectivity index (χ0) is 36.3. The maximum absolute atomic E-state index is 6.78. The van der Waals surface area contributed by atoms with Gasteiger partial charge >= 0.3 is 0 Å². The quantitative estimate of drug-likeness (QED) is 0.168. The minimum Gasteiger partial charge on any atom is -0.455 e. The zero-order valence-electron chi connectivity index (χ0n) is 29.6. The van der Waals surface area contributed by atoms with Crippen LogP contribution in [0.25, 0.3) is 111 Å². The summed E-state index contributed by atoms with van der Waals surface area (Å²) in [6, 6.07) is 65.8. The van der Waals surface area contributed by atoms with Gasteiger partial charge in [0.15, 0.2) is 17.5 Å². The Morgan fingerprint density at radius 2 is 0.745 bits per heavy atom. The van der Waals surface area contributed by atoms with Crippen molar-refractivity contribution in [2.45, 2.75) is 0 Å². The third kappa shape index (κ3) is 5.26. The molecule has 0 aliphatic heterocycles. The number of hydrogen-bond acceptors (Lipinski definition) is 4. The zero-order valence-corrected chi connectivity index (χ0v) is 29.6. The minimum absolute atomic E-state index is 0.562. The second-order valence-electron chi connectivity index (χ2n) is 14.0. The van der Waals surface area contributed by atoms with Gasteiger partial charge in [-0.3, -0.25) is 0 Å². The van der Waals surface area contributed by atoms with Crippen LogP contribution >= 0.6 is 0 Å². The highest BCUT2D eigenvalue weighted by Crippen LogP contribution is 2.40. The van der Waals surface area contributed by atoms with Crippen molar-refractivity contribution in [3.8, 4) is 56.4 Å². The predicted molar refractivity (Wildman–Crippen MR) is 227 cm³/mol. The van der Waals surface area contributed by atoms with E-state index in [1.807, 2.05) is 42.5 Å². The molecule has 0 atom stereocenters. The molecule has 55 heavy (non-hydrogen) atoms. The van der Waals surface area contributed by atoms with Crippen LogP contribution in [0.4, 0.5) is 0 Å². The first-order chi connectivity index (χ1) is 27.2. The molecule has 11 aromatic rings.